The molecule has 0 unspecified atom stereocenters. The van der Waals surface area contributed by atoms with Crippen LogP contribution in [0.4, 0.5) is 5.69 Å². The van der Waals surface area contributed by atoms with Crippen LogP contribution in [0.5, 0.6) is 0 Å². The fraction of sp³-hybridized carbons (Fsp3) is 0.533. The molecular weight excluding hydrogens is 288 g/mol. The van der Waals surface area contributed by atoms with Crippen molar-refractivity contribution in [2.75, 3.05) is 37.6 Å². The molecule has 1 aromatic rings. The minimum atomic E-state index is 0.117. The average molecular weight is 311 g/mol. The summed E-state index contributed by atoms with van der Waals surface area (Å²) in [5, 5.41) is 12.7. The van der Waals surface area contributed by atoms with Gasteiger partial charge in [-0.2, -0.15) is 0 Å². The van der Waals surface area contributed by atoms with Crippen molar-refractivity contribution in [3.05, 3.63) is 28.8 Å². The Labute approximate surface area is 131 Å². The van der Waals surface area contributed by atoms with Gasteiger partial charge in [0.05, 0.1) is 0 Å². The van der Waals surface area contributed by atoms with Gasteiger partial charge in [-0.1, -0.05) is 30.6 Å². The topological polar surface area (TPSA) is 65.1 Å². The van der Waals surface area contributed by atoms with Crippen LogP contribution in [0.2, 0.25) is 5.02 Å². The van der Waals surface area contributed by atoms with Gasteiger partial charge in [-0.05, 0) is 24.1 Å². The number of nitrogens with zero attached hydrogens (tertiary/aromatic N) is 3. The molecule has 1 aliphatic heterocycles. The Balaban J connectivity index is 2.14. The molecular formula is C15H23ClN4O. The Morgan fingerprint density at radius 3 is 2.57 bits per heavy atom. The Hall–Kier alpha value is -1.46. The quantitative estimate of drug-likeness (QED) is 0.387. The highest BCUT2D eigenvalue weighted by atomic mass is 35.5. The second-order valence-corrected chi connectivity index (χ2v) is 6.26. The highest BCUT2D eigenvalue weighted by Gasteiger charge is 2.21. The van der Waals surface area contributed by atoms with Gasteiger partial charge in [-0.3, -0.25) is 4.90 Å². The van der Waals surface area contributed by atoms with Gasteiger partial charge >= 0.3 is 0 Å². The molecule has 6 heteroatoms. The minimum absolute atomic E-state index is 0.117. The Bertz CT molecular complexity index is 510. The van der Waals surface area contributed by atoms with Crippen molar-refractivity contribution in [3.8, 4) is 0 Å². The van der Waals surface area contributed by atoms with Crippen LogP contribution in [-0.2, 0) is 0 Å². The normalized spacial score (nSPS) is 17.5. The van der Waals surface area contributed by atoms with Crippen molar-refractivity contribution >= 4 is 23.1 Å². The second-order valence-electron chi connectivity index (χ2n) is 5.83. The zero-order chi connectivity index (χ0) is 15.4. The van der Waals surface area contributed by atoms with Gasteiger partial charge < -0.3 is 15.8 Å². The largest absolute Gasteiger partial charge is 0.409 e. The third-order valence-corrected chi connectivity index (χ3v) is 3.91. The van der Waals surface area contributed by atoms with Crippen LogP contribution in [0, 0.1) is 5.92 Å². The molecule has 1 saturated heterocycles. The first-order valence-corrected chi connectivity index (χ1v) is 7.63. The molecule has 0 atom stereocenters. The number of piperazine rings is 1. The summed E-state index contributed by atoms with van der Waals surface area (Å²) in [5.41, 5.74) is 7.42. The number of halogens is 1. The van der Waals surface area contributed by atoms with Crippen LogP contribution in [0.3, 0.4) is 0 Å². The van der Waals surface area contributed by atoms with E-state index in [0.717, 1.165) is 44.0 Å². The number of nitrogens with two attached hydrogens (primary N) is 1. The SMILES string of the molecule is CC(C)CN1CCN(c2cc(Cl)ccc2C(N)=NO)CC1. The molecule has 5 nitrogen and oxygen atoms in total. The fourth-order valence-corrected chi connectivity index (χ4v) is 2.89. The first-order valence-electron chi connectivity index (χ1n) is 7.26. The molecule has 116 valence electrons. The molecule has 0 aromatic heterocycles. The Morgan fingerprint density at radius 1 is 1.33 bits per heavy atom. The molecule has 0 saturated carbocycles. The van der Waals surface area contributed by atoms with Crippen LogP contribution in [0.1, 0.15) is 19.4 Å². The Kier molecular flexibility index (Phi) is 5.31. The van der Waals surface area contributed by atoms with E-state index in [1.54, 1.807) is 12.1 Å². The molecule has 1 heterocycles. The third-order valence-electron chi connectivity index (χ3n) is 3.68. The van der Waals surface area contributed by atoms with E-state index >= 15 is 0 Å². The van der Waals surface area contributed by atoms with E-state index in [1.807, 2.05) is 6.07 Å². The number of benzene rings is 1. The molecule has 3 N–H and O–H groups in total. The van der Waals surface area contributed by atoms with Crippen LogP contribution >= 0.6 is 11.6 Å². The van der Waals surface area contributed by atoms with Gasteiger partial charge in [-0.25, -0.2) is 0 Å². The first kappa shape index (κ1) is 15.9. The standard InChI is InChI=1S/C15H23ClN4O/c1-11(2)10-19-5-7-20(8-6-19)14-9-12(16)3-4-13(14)15(17)18-21/h3-4,9,11,21H,5-8,10H2,1-2H3,(H2,17,18). The van der Waals surface area contributed by atoms with Crippen molar-refractivity contribution < 1.29 is 5.21 Å². The summed E-state index contributed by atoms with van der Waals surface area (Å²) in [6.45, 7) is 9.45. The van der Waals surface area contributed by atoms with Gasteiger partial charge in [0.2, 0.25) is 0 Å². The summed E-state index contributed by atoms with van der Waals surface area (Å²) in [4.78, 5) is 4.71. The molecule has 1 fully saturated rings. The zero-order valence-corrected chi connectivity index (χ0v) is 13.3. The predicted molar refractivity (Wildman–Crippen MR) is 87.5 cm³/mol. The number of oxime groups is 1. The lowest BCUT2D eigenvalue weighted by Gasteiger charge is -2.37. The van der Waals surface area contributed by atoms with Crippen LogP contribution in [-0.4, -0.2) is 48.7 Å². The molecule has 0 spiro atoms. The van der Waals surface area contributed by atoms with Gasteiger partial charge in [0, 0.05) is 49.0 Å². The van der Waals surface area contributed by atoms with Crippen molar-refractivity contribution in [2.24, 2.45) is 16.8 Å². The van der Waals surface area contributed by atoms with E-state index in [9.17, 15) is 0 Å². The number of amidine groups is 1. The summed E-state index contributed by atoms with van der Waals surface area (Å²) in [6, 6.07) is 5.44. The molecule has 1 aliphatic rings. The minimum Gasteiger partial charge on any atom is -0.409 e. The maximum absolute atomic E-state index is 8.92. The molecule has 0 amide bonds. The van der Waals surface area contributed by atoms with Crippen LogP contribution in [0.15, 0.2) is 23.4 Å². The molecule has 0 bridgehead atoms. The van der Waals surface area contributed by atoms with E-state index in [-0.39, 0.29) is 5.84 Å². The zero-order valence-electron chi connectivity index (χ0n) is 12.6. The lowest BCUT2D eigenvalue weighted by atomic mass is 10.1. The highest BCUT2D eigenvalue weighted by molar-refractivity contribution is 6.31. The average Bonchev–Trinajstić information content (AvgIpc) is 2.46. The van der Waals surface area contributed by atoms with E-state index in [2.05, 4.69) is 28.8 Å². The van der Waals surface area contributed by atoms with Crippen LogP contribution in [0.25, 0.3) is 0 Å². The van der Waals surface area contributed by atoms with E-state index in [1.165, 1.54) is 0 Å². The lowest BCUT2D eigenvalue weighted by Crippen LogP contribution is -2.47. The van der Waals surface area contributed by atoms with Crippen LogP contribution < -0.4 is 10.6 Å². The van der Waals surface area contributed by atoms with Gasteiger partial charge in [0.15, 0.2) is 5.84 Å². The predicted octanol–water partition coefficient (Wildman–Crippen LogP) is 2.21. The van der Waals surface area contributed by atoms with Gasteiger partial charge in [0.1, 0.15) is 0 Å². The molecule has 21 heavy (non-hydrogen) atoms. The smallest absolute Gasteiger partial charge is 0.172 e. The summed E-state index contributed by atoms with van der Waals surface area (Å²) in [7, 11) is 0. The number of hydrogen-bond acceptors (Lipinski definition) is 4. The lowest BCUT2D eigenvalue weighted by molar-refractivity contribution is 0.231. The molecule has 0 aliphatic carbocycles. The Morgan fingerprint density at radius 2 is 2.00 bits per heavy atom. The molecule has 0 radical (unpaired) electrons. The fourth-order valence-electron chi connectivity index (χ4n) is 2.72. The van der Waals surface area contributed by atoms with Crippen molar-refractivity contribution in [3.63, 3.8) is 0 Å². The van der Waals surface area contributed by atoms with Gasteiger partial charge in [-0.15, -0.1) is 0 Å². The maximum Gasteiger partial charge on any atom is 0.172 e. The summed E-state index contributed by atoms with van der Waals surface area (Å²) >= 11 is 6.10. The number of rotatable bonds is 4. The first-order chi connectivity index (χ1) is 10.0. The number of anilines is 1. The van der Waals surface area contributed by atoms with E-state index in [4.69, 9.17) is 22.5 Å². The molecule has 2 rings (SSSR count). The van der Waals surface area contributed by atoms with E-state index in [0.29, 0.717) is 10.9 Å². The molecule has 1 aromatic carbocycles. The van der Waals surface area contributed by atoms with Crippen molar-refractivity contribution in [2.45, 2.75) is 13.8 Å². The summed E-state index contributed by atoms with van der Waals surface area (Å²) in [6.07, 6.45) is 0. The second kappa shape index (κ2) is 7.00. The third kappa shape index (κ3) is 4.02. The van der Waals surface area contributed by atoms with E-state index < -0.39 is 0 Å². The van der Waals surface area contributed by atoms with Crippen molar-refractivity contribution in [1.82, 2.24) is 4.90 Å². The van der Waals surface area contributed by atoms with Gasteiger partial charge in [0.25, 0.3) is 0 Å². The number of hydrogen-bond donors (Lipinski definition) is 2. The highest BCUT2D eigenvalue weighted by Crippen LogP contribution is 2.26. The monoisotopic (exact) mass is 310 g/mol. The summed E-state index contributed by atoms with van der Waals surface area (Å²) in [5.74, 6) is 0.793. The van der Waals surface area contributed by atoms with Crippen molar-refractivity contribution in [1.29, 1.82) is 0 Å². The summed E-state index contributed by atoms with van der Waals surface area (Å²) < 4.78 is 0. The maximum atomic E-state index is 8.92.